The Morgan fingerprint density at radius 2 is 1.60 bits per heavy atom. The van der Waals surface area contributed by atoms with Gasteiger partial charge in [0.2, 0.25) is 10.0 Å². The number of halogens is 2. The van der Waals surface area contributed by atoms with E-state index < -0.39 is 22.1 Å². The molecule has 48 heavy (non-hydrogen) atoms. The Labute approximate surface area is 289 Å². The van der Waals surface area contributed by atoms with Gasteiger partial charge in [-0.3, -0.25) is 9.89 Å². The molecule has 3 aromatic carbocycles. The van der Waals surface area contributed by atoms with Gasteiger partial charge in [0, 0.05) is 36.2 Å². The van der Waals surface area contributed by atoms with Gasteiger partial charge in [-0.15, -0.1) is 0 Å². The predicted octanol–water partition coefficient (Wildman–Crippen LogP) is 6.54. The molecule has 3 heterocycles. The SMILES string of the molecule is CCOc1cc(C#N)ccc1C1=N[C@@H](c2ccc(Cl)cc2)[C@@H](c2ccc(Cl)cc2)N1C(=O)N1CCN(S(=O)(=O)c2c(C)noc2C)CC1. The minimum absolute atomic E-state index is 0.0501. The Hall–Kier alpha value is -4.41. The van der Waals surface area contributed by atoms with Crippen molar-refractivity contribution in [3.05, 3.63) is 110 Å². The summed E-state index contributed by atoms with van der Waals surface area (Å²) in [4.78, 5) is 23.3. The number of rotatable bonds is 7. The summed E-state index contributed by atoms with van der Waals surface area (Å²) in [7, 11) is -3.89. The second-order valence-corrected chi connectivity index (χ2v) is 14.1. The molecule has 11 nitrogen and oxygen atoms in total. The number of aliphatic imine (C=N–C) groups is 1. The number of ether oxygens (including phenoxy) is 1. The Bertz CT molecular complexity index is 2000. The Morgan fingerprint density at radius 3 is 2.17 bits per heavy atom. The van der Waals surface area contributed by atoms with Gasteiger partial charge in [-0.2, -0.15) is 9.57 Å². The molecule has 6 rings (SSSR count). The average molecular weight is 708 g/mol. The van der Waals surface area contributed by atoms with Crippen molar-refractivity contribution in [2.75, 3.05) is 32.8 Å². The minimum atomic E-state index is -3.89. The molecule has 1 aromatic heterocycles. The molecule has 0 N–H and O–H groups in total. The molecule has 0 bridgehead atoms. The first-order chi connectivity index (χ1) is 23.0. The molecular formula is C34H32Cl2N6O5S. The van der Waals surface area contributed by atoms with Crippen molar-refractivity contribution >= 4 is 45.1 Å². The number of sulfonamides is 1. The number of hydrogen-bond donors (Lipinski definition) is 0. The number of piperazine rings is 1. The zero-order valence-electron chi connectivity index (χ0n) is 26.4. The van der Waals surface area contributed by atoms with Crippen molar-refractivity contribution < 1.29 is 22.5 Å². The summed E-state index contributed by atoms with van der Waals surface area (Å²) in [5, 5.41) is 14.5. The molecule has 0 radical (unpaired) electrons. The fourth-order valence-corrected chi connectivity index (χ4v) is 8.12. The van der Waals surface area contributed by atoms with Gasteiger partial charge in [-0.1, -0.05) is 52.6 Å². The zero-order chi connectivity index (χ0) is 34.2. The first-order valence-electron chi connectivity index (χ1n) is 15.3. The van der Waals surface area contributed by atoms with Crippen LogP contribution in [0.15, 0.2) is 81.1 Å². The lowest BCUT2D eigenvalue weighted by Gasteiger charge is -2.38. The second kappa shape index (κ2) is 13.6. The lowest BCUT2D eigenvalue weighted by Crippen LogP contribution is -2.55. The molecule has 2 atom stereocenters. The fraction of sp³-hybridized carbons (Fsp3) is 0.294. The number of aryl methyl sites for hydroxylation is 2. The van der Waals surface area contributed by atoms with Crippen LogP contribution in [0.2, 0.25) is 10.0 Å². The highest BCUT2D eigenvalue weighted by molar-refractivity contribution is 7.89. The molecule has 4 aromatic rings. The van der Waals surface area contributed by atoms with Gasteiger partial charge in [0.25, 0.3) is 0 Å². The van der Waals surface area contributed by atoms with Crippen LogP contribution in [0.4, 0.5) is 4.79 Å². The highest BCUT2D eigenvalue weighted by Gasteiger charge is 2.45. The quantitative estimate of drug-likeness (QED) is 0.213. The number of nitriles is 1. The molecule has 14 heteroatoms. The van der Waals surface area contributed by atoms with Gasteiger partial charge < -0.3 is 14.2 Å². The third-order valence-electron chi connectivity index (χ3n) is 8.42. The second-order valence-electron chi connectivity index (χ2n) is 11.4. The normalized spacial score (nSPS) is 18.5. The van der Waals surface area contributed by atoms with E-state index in [1.54, 1.807) is 66.1 Å². The monoisotopic (exact) mass is 706 g/mol. The van der Waals surface area contributed by atoms with Crippen LogP contribution in [-0.4, -0.2) is 72.3 Å². The van der Waals surface area contributed by atoms with Crippen molar-refractivity contribution in [2.24, 2.45) is 4.99 Å². The molecular weight excluding hydrogens is 675 g/mol. The number of carbonyl (C=O) groups is 1. The van der Waals surface area contributed by atoms with Gasteiger partial charge in [0.05, 0.1) is 29.8 Å². The van der Waals surface area contributed by atoms with E-state index in [1.165, 1.54) is 4.31 Å². The molecule has 248 valence electrons. The van der Waals surface area contributed by atoms with Gasteiger partial charge in [-0.05, 0) is 74.4 Å². The topological polar surface area (TPSA) is 132 Å². The summed E-state index contributed by atoms with van der Waals surface area (Å²) in [6, 6.07) is 20.2. The lowest BCUT2D eigenvalue weighted by molar-refractivity contribution is 0.143. The molecule has 0 aliphatic carbocycles. The highest BCUT2D eigenvalue weighted by atomic mass is 35.5. The van der Waals surface area contributed by atoms with E-state index in [4.69, 9.17) is 37.5 Å². The van der Waals surface area contributed by atoms with Gasteiger partial charge >= 0.3 is 6.03 Å². The molecule has 2 aliphatic rings. The molecule has 1 fully saturated rings. The number of nitrogens with zero attached hydrogens (tertiary/aromatic N) is 6. The zero-order valence-corrected chi connectivity index (χ0v) is 28.8. The maximum Gasteiger partial charge on any atom is 0.326 e. The van der Waals surface area contributed by atoms with E-state index in [1.807, 2.05) is 31.2 Å². The molecule has 1 saturated heterocycles. The lowest BCUT2D eigenvalue weighted by atomic mass is 9.93. The fourth-order valence-electron chi connectivity index (χ4n) is 6.15. The number of urea groups is 1. The van der Waals surface area contributed by atoms with Crippen LogP contribution in [0.3, 0.4) is 0 Å². The number of amidine groups is 1. The van der Waals surface area contributed by atoms with Gasteiger partial charge in [0.15, 0.2) is 5.76 Å². The number of amides is 2. The molecule has 0 saturated carbocycles. The molecule has 2 amide bonds. The van der Waals surface area contributed by atoms with Crippen LogP contribution in [0.5, 0.6) is 5.75 Å². The van der Waals surface area contributed by atoms with Crippen molar-refractivity contribution in [2.45, 2.75) is 37.8 Å². The van der Waals surface area contributed by atoms with Gasteiger partial charge in [-0.25, -0.2) is 13.2 Å². The van der Waals surface area contributed by atoms with E-state index in [9.17, 15) is 18.5 Å². The summed E-state index contributed by atoms with van der Waals surface area (Å²) in [5.74, 6) is 0.990. The number of benzene rings is 3. The van der Waals surface area contributed by atoms with Crippen LogP contribution in [0.25, 0.3) is 0 Å². The van der Waals surface area contributed by atoms with Crippen molar-refractivity contribution in [1.82, 2.24) is 19.3 Å². The van der Waals surface area contributed by atoms with E-state index in [0.29, 0.717) is 39.4 Å². The minimum Gasteiger partial charge on any atom is -0.493 e. The smallest absolute Gasteiger partial charge is 0.326 e. The maximum atomic E-state index is 14.8. The first-order valence-corrected chi connectivity index (χ1v) is 17.5. The van der Waals surface area contributed by atoms with Crippen LogP contribution in [-0.2, 0) is 10.0 Å². The van der Waals surface area contributed by atoms with E-state index in [2.05, 4.69) is 11.2 Å². The summed E-state index contributed by atoms with van der Waals surface area (Å²) in [6.07, 6.45) is 0. The summed E-state index contributed by atoms with van der Waals surface area (Å²) in [6.45, 7) is 5.74. The van der Waals surface area contributed by atoms with Crippen LogP contribution in [0, 0.1) is 25.2 Å². The van der Waals surface area contributed by atoms with Crippen LogP contribution in [0.1, 0.15) is 52.7 Å². The maximum absolute atomic E-state index is 14.8. The summed E-state index contributed by atoms with van der Waals surface area (Å²) in [5.41, 5.74) is 2.85. The number of hydrogen-bond acceptors (Lipinski definition) is 8. The van der Waals surface area contributed by atoms with Crippen molar-refractivity contribution in [3.8, 4) is 11.8 Å². The van der Waals surface area contributed by atoms with Gasteiger partial charge in [0.1, 0.15) is 28.2 Å². The molecule has 0 unspecified atom stereocenters. The molecule has 2 aliphatic heterocycles. The summed E-state index contributed by atoms with van der Waals surface area (Å²) < 4.78 is 39.5. The highest BCUT2D eigenvalue weighted by Crippen LogP contribution is 2.45. The van der Waals surface area contributed by atoms with Crippen LogP contribution < -0.4 is 4.74 Å². The Morgan fingerprint density at radius 1 is 0.979 bits per heavy atom. The summed E-state index contributed by atoms with van der Waals surface area (Å²) >= 11 is 12.5. The van der Waals surface area contributed by atoms with Crippen LogP contribution >= 0.6 is 23.2 Å². The Kier molecular flexibility index (Phi) is 9.49. The third-order valence-corrected chi connectivity index (χ3v) is 11.1. The van der Waals surface area contributed by atoms with Crippen molar-refractivity contribution in [1.29, 1.82) is 5.26 Å². The van der Waals surface area contributed by atoms with E-state index in [-0.39, 0.29) is 48.6 Å². The molecule has 0 spiro atoms. The third kappa shape index (κ3) is 6.26. The predicted molar refractivity (Wildman–Crippen MR) is 181 cm³/mol. The van der Waals surface area contributed by atoms with E-state index >= 15 is 0 Å². The number of aromatic nitrogens is 1. The Balaban J connectivity index is 1.42. The van der Waals surface area contributed by atoms with E-state index in [0.717, 1.165) is 11.1 Å². The largest absolute Gasteiger partial charge is 0.493 e. The van der Waals surface area contributed by atoms with Crippen molar-refractivity contribution in [3.63, 3.8) is 0 Å². The number of carbonyl (C=O) groups excluding carboxylic acids is 1. The first kappa shape index (κ1) is 33.5. The standard InChI is InChI=1S/C34H32Cl2N6O5S/c1-4-46-29-19-23(20-37)5-14-28(29)33-38-30(24-6-10-26(35)11-7-24)31(25-8-12-27(36)13-9-25)42(33)34(43)40-15-17-41(18-16-40)48(44,45)32-21(2)39-47-22(32)3/h5-14,19,30-31H,4,15-18H2,1-3H3/t30-,31+/m0/s1. The average Bonchev–Trinajstić information content (AvgIpc) is 3.65.